The molecular weight excluding hydrogens is 359 g/mol. The molecular formula is C21H27FN4O2. The average Bonchev–Trinajstić information content (AvgIpc) is 3.15. The highest BCUT2D eigenvalue weighted by molar-refractivity contribution is 5.90. The molecule has 1 saturated heterocycles. The summed E-state index contributed by atoms with van der Waals surface area (Å²) in [4.78, 5) is 30.9. The molecule has 2 aromatic rings. The van der Waals surface area contributed by atoms with Crippen LogP contribution in [0.2, 0.25) is 0 Å². The predicted octanol–water partition coefficient (Wildman–Crippen LogP) is 3.24. The molecule has 150 valence electrons. The molecule has 1 fully saturated rings. The number of para-hydroxylation sites is 1. The number of amides is 2. The summed E-state index contributed by atoms with van der Waals surface area (Å²) < 4.78 is 15.5. The first-order valence-electron chi connectivity index (χ1n) is 9.89. The Hall–Kier alpha value is -2.70. The highest BCUT2D eigenvalue weighted by Gasteiger charge is 2.24. The van der Waals surface area contributed by atoms with E-state index in [2.05, 4.69) is 10.3 Å². The number of carbonyl (C=O) groups excluding carboxylic acids is 2. The fourth-order valence-corrected chi connectivity index (χ4v) is 3.68. The molecule has 1 N–H and O–H groups in total. The zero-order valence-electron chi connectivity index (χ0n) is 16.2. The number of nitrogens with one attached hydrogen (secondary N) is 1. The van der Waals surface area contributed by atoms with Crippen molar-refractivity contribution in [3.8, 4) is 0 Å². The van der Waals surface area contributed by atoms with E-state index in [1.807, 2.05) is 22.6 Å². The number of aryl methyl sites for hydroxylation is 1. The van der Waals surface area contributed by atoms with E-state index in [-0.39, 0.29) is 23.4 Å². The molecule has 28 heavy (non-hydrogen) atoms. The maximum absolute atomic E-state index is 13.6. The maximum atomic E-state index is 13.6. The molecule has 2 heterocycles. The number of halogens is 1. The van der Waals surface area contributed by atoms with E-state index in [1.54, 1.807) is 24.4 Å². The summed E-state index contributed by atoms with van der Waals surface area (Å²) in [5, 5.41) is 2.62. The van der Waals surface area contributed by atoms with Crippen LogP contribution in [0, 0.1) is 11.7 Å². The largest absolute Gasteiger partial charge is 0.341 e. The Morgan fingerprint density at radius 3 is 2.93 bits per heavy atom. The third kappa shape index (κ3) is 5.18. The van der Waals surface area contributed by atoms with Crippen molar-refractivity contribution in [3.63, 3.8) is 0 Å². The van der Waals surface area contributed by atoms with Crippen LogP contribution >= 0.6 is 0 Å². The normalized spacial score (nSPS) is 16.8. The Balaban J connectivity index is 1.47. The third-order valence-corrected chi connectivity index (χ3v) is 5.22. The number of hydrogen-bond acceptors (Lipinski definition) is 3. The average molecular weight is 386 g/mol. The Labute approximate surface area is 164 Å². The van der Waals surface area contributed by atoms with Crippen molar-refractivity contribution in [2.75, 3.05) is 18.4 Å². The Bertz CT molecular complexity index is 820. The van der Waals surface area contributed by atoms with Gasteiger partial charge in [0, 0.05) is 38.3 Å². The number of imidazole rings is 1. The number of benzene rings is 1. The fraction of sp³-hybridized carbons (Fsp3) is 0.476. The molecule has 7 heteroatoms. The number of piperidine rings is 1. The summed E-state index contributed by atoms with van der Waals surface area (Å²) in [5.74, 6) is 0.660. The molecule has 3 rings (SSSR count). The Morgan fingerprint density at radius 2 is 2.14 bits per heavy atom. The summed E-state index contributed by atoms with van der Waals surface area (Å²) in [5.41, 5.74) is 0.208. The molecule has 0 aliphatic carbocycles. The smallest absolute Gasteiger partial charge is 0.242 e. The molecule has 0 bridgehead atoms. The number of anilines is 1. The van der Waals surface area contributed by atoms with Gasteiger partial charge in [0.1, 0.15) is 18.2 Å². The molecule has 1 unspecified atom stereocenters. The van der Waals surface area contributed by atoms with Gasteiger partial charge < -0.3 is 14.8 Å². The molecule has 1 aromatic heterocycles. The minimum absolute atomic E-state index is 0.0909. The van der Waals surface area contributed by atoms with E-state index in [0.717, 1.165) is 31.6 Å². The van der Waals surface area contributed by atoms with Gasteiger partial charge in [0.25, 0.3) is 0 Å². The number of hydrogen-bond donors (Lipinski definition) is 1. The van der Waals surface area contributed by atoms with Crippen LogP contribution in [0.25, 0.3) is 0 Å². The van der Waals surface area contributed by atoms with E-state index in [1.165, 1.54) is 6.07 Å². The van der Waals surface area contributed by atoms with Gasteiger partial charge in [-0.05, 0) is 37.3 Å². The first-order chi connectivity index (χ1) is 13.6. The lowest BCUT2D eigenvalue weighted by Crippen LogP contribution is -2.41. The topological polar surface area (TPSA) is 67.2 Å². The first kappa shape index (κ1) is 20.0. The number of nitrogens with zero attached hydrogens (tertiary/aromatic N) is 3. The highest BCUT2D eigenvalue weighted by atomic mass is 19.1. The van der Waals surface area contributed by atoms with Gasteiger partial charge in [0.15, 0.2) is 0 Å². The van der Waals surface area contributed by atoms with Crippen molar-refractivity contribution >= 4 is 17.5 Å². The van der Waals surface area contributed by atoms with Crippen LogP contribution in [0.4, 0.5) is 10.1 Å². The second-order valence-electron chi connectivity index (χ2n) is 7.24. The summed E-state index contributed by atoms with van der Waals surface area (Å²) in [6.45, 7) is 3.76. The van der Waals surface area contributed by atoms with E-state index in [0.29, 0.717) is 25.9 Å². The van der Waals surface area contributed by atoms with Gasteiger partial charge in [-0.3, -0.25) is 9.59 Å². The second-order valence-corrected chi connectivity index (χ2v) is 7.24. The Morgan fingerprint density at radius 1 is 1.32 bits per heavy atom. The lowest BCUT2D eigenvalue weighted by molar-refractivity contribution is -0.133. The summed E-state index contributed by atoms with van der Waals surface area (Å²) in [6, 6.07) is 6.15. The van der Waals surface area contributed by atoms with Crippen molar-refractivity contribution in [3.05, 3.63) is 48.3 Å². The van der Waals surface area contributed by atoms with Gasteiger partial charge in [-0.15, -0.1) is 0 Å². The van der Waals surface area contributed by atoms with Crippen molar-refractivity contribution in [2.24, 2.45) is 5.92 Å². The number of aromatic nitrogens is 2. The fourth-order valence-electron chi connectivity index (χ4n) is 3.68. The van der Waals surface area contributed by atoms with Crippen LogP contribution < -0.4 is 5.32 Å². The zero-order valence-corrected chi connectivity index (χ0v) is 16.2. The van der Waals surface area contributed by atoms with E-state index in [4.69, 9.17) is 0 Å². The standard InChI is InChI=1S/C21H27FN4O2/c1-2-19-23-11-13-25(19)15-21(28)26-12-5-6-16(14-26)9-10-20(27)24-18-8-4-3-7-17(18)22/h3-4,7-8,11,13,16H,2,5-6,9-10,12,14-15H2,1H3,(H,24,27). The van der Waals surface area contributed by atoms with Gasteiger partial charge >= 0.3 is 0 Å². The summed E-state index contributed by atoms with van der Waals surface area (Å²) >= 11 is 0. The molecule has 1 aromatic carbocycles. The second kappa shape index (κ2) is 9.48. The van der Waals surface area contributed by atoms with Crippen LogP contribution in [0.15, 0.2) is 36.7 Å². The molecule has 2 amide bonds. The van der Waals surface area contributed by atoms with E-state index < -0.39 is 5.82 Å². The lowest BCUT2D eigenvalue weighted by Gasteiger charge is -2.33. The highest BCUT2D eigenvalue weighted by Crippen LogP contribution is 2.22. The van der Waals surface area contributed by atoms with Crippen molar-refractivity contribution in [2.45, 2.75) is 45.6 Å². The van der Waals surface area contributed by atoms with Crippen molar-refractivity contribution in [1.82, 2.24) is 14.5 Å². The molecule has 1 aliphatic heterocycles. The van der Waals surface area contributed by atoms with E-state index in [9.17, 15) is 14.0 Å². The van der Waals surface area contributed by atoms with Crippen LogP contribution in [0.5, 0.6) is 0 Å². The SMILES string of the molecule is CCc1nccn1CC(=O)N1CCCC(CCC(=O)Nc2ccccc2F)C1. The van der Waals surface area contributed by atoms with Crippen molar-refractivity contribution < 1.29 is 14.0 Å². The van der Waals surface area contributed by atoms with Crippen LogP contribution in [0.3, 0.4) is 0 Å². The summed E-state index contributed by atoms with van der Waals surface area (Å²) in [7, 11) is 0. The van der Waals surface area contributed by atoms with Gasteiger partial charge in [-0.25, -0.2) is 9.37 Å². The number of carbonyl (C=O) groups is 2. The van der Waals surface area contributed by atoms with Crippen LogP contribution in [-0.2, 0) is 22.6 Å². The van der Waals surface area contributed by atoms with Gasteiger partial charge in [0.2, 0.25) is 11.8 Å². The summed E-state index contributed by atoms with van der Waals surface area (Å²) in [6.07, 6.45) is 7.31. The quantitative estimate of drug-likeness (QED) is 0.794. The number of rotatable bonds is 7. The number of likely N-dealkylation sites (tertiary alicyclic amines) is 1. The minimum Gasteiger partial charge on any atom is -0.341 e. The first-order valence-corrected chi connectivity index (χ1v) is 9.89. The lowest BCUT2D eigenvalue weighted by atomic mass is 9.93. The van der Waals surface area contributed by atoms with Gasteiger partial charge in [-0.2, -0.15) is 0 Å². The third-order valence-electron chi connectivity index (χ3n) is 5.22. The van der Waals surface area contributed by atoms with E-state index >= 15 is 0 Å². The van der Waals surface area contributed by atoms with Gasteiger partial charge in [0.05, 0.1) is 5.69 Å². The molecule has 6 nitrogen and oxygen atoms in total. The van der Waals surface area contributed by atoms with Gasteiger partial charge in [-0.1, -0.05) is 19.1 Å². The Kier molecular flexibility index (Phi) is 6.79. The molecule has 0 radical (unpaired) electrons. The molecule has 0 spiro atoms. The zero-order chi connectivity index (χ0) is 19.9. The molecule has 0 saturated carbocycles. The van der Waals surface area contributed by atoms with Crippen molar-refractivity contribution in [1.29, 1.82) is 0 Å². The maximum Gasteiger partial charge on any atom is 0.242 e. The molecule has 1 aliphatic rings. The van der Waals surface area contributed by atoms with Crippen LogP contribution in [-0.4, -0.2) is 39.4 Å². The molecule has 1 atom stereocenters. The monoisotopic (exact) mass is 386 g/mol. The minimum atomic E-state index is -0.434. The predicted molar refractivity (Wildman–Crippen MR) is 105 cm³/mol. The van der Waals surface area contributed by atoms with Crippen LogP contribution in [0.1, 0.15) is 38.4 Å².